The predicted octanol–water partition coefficient (Wildman–Crippen LogP) is 3.00. The van der Waals surface area contributed by atoms with Crippen molar-refractivity contribution in [3.8, 4) is 5.75 Å². The van der Waals surface area contributed by atoms with Crippen molar-refractivity contribution >= 4 is 15.9 Å². The molecule has 2 bridgehead atoms. The number of benzene rings is 1. The van der Waals surface area contributed by atoms with Gasteiger partial charge in [-0.3, -0.25) is 9.80 Å². The van der Waals surface area contributed by atoms with Crippen molar-refractivity contribution in [1.82, 2.24) is 9.80 Å². The Morgan fingerprint density at radius 2 is 1.90 bits per heavy atom. The van der Waals surface area contributed by atoms with E-state index >= 15 is 0 Å². The highest BCUT2D eigenvalue weighted by atomic mass is 79.9. The van der Waals surface area contributed by atoms with Crippen molar-refractivity contribution < 1.29 is 4.74 Å². The third-order valence-electron chi connectivity index (χ3n) is 4.72. The molecule has 0 radical (unpaired) electrons. The summed E-state index contributed by atoms with van der Waals surface area (Å²) >= 11 is 3.44. The summed E-state index contributed by atoms with van der Waals surface area (Å²) in [4.78, 5) is 5.16. The summed E-state index contributed by atoms with van der Waals surface area (Å²) in [5.41, 5.74) is 0. The Labute approximate surface area is 130 Å². The Balaban J connectivity index is 1.46. The summed E-state index contributed by atoms with van der Waals surface area (Å²) in [6.07, 6.45) is 4.07. The molecule has 2 aliphatic rings. The average Bonchev–Trinajstić information content (AvgIpc) is 2.68. The zero-order valence-electron chi connectivity index (χ0n) is 12.1. The first-order valence-corrected chi connectivity index (χ1v) is 8.34. The summed E-state index contributed by atoms with van der Waals surface area (Å²) in [5.74, 6) is 0.960. The molecule has 4 heteroatoms. The number of hydrogen-bond acceptors (Lipinski definition) is 3. The van der Waals surface area contributed by atoms with Gasteiger partial charge in [-0.05, 0) is 57.1 Å². The number of halogens is 1. The molecule has 2 heterocycles. The lowest BCUT2D eigenvalue weighted by molar-refractivity contribution is 0.187. The second-order valence-corrected chi connectivity index (χ2v) is 6.86. The van der Waals surface area contributed by atoms with Crippen LogP contribution < -0.4 is 4.74 Å². The van der Waals surface area contributed by atoms with E-state index in [9.17, 15) is 0 Å². The zero-order valence-corrected chi connectivity index (χ0v) is 13.7. The summed E-state index contributed by atoms with van der Waals surface area (Å²) in [6, 6.07) is 9.65. The standard InChI is InChI=1S/C16H23BrN2O/c1-18-14-4-5-15(18)12-19(9-8-14)10-11-20-16-6-2-13(17)3-7-16/h2-3,6-7,14-15H,4-5,8-12H2,1H3. The largest absolute Gasteiger partial charge is 0.492 e. The predicted molar refractivity (Wildman–Crippen MR) is 85.3 cm³/mol. The molecule has 1 aromatic carbocycles. The van der Waals surface area contributed by atoms with Gasteiger partial charge >= 0.3 is 0 Å². The number of likely N-dealkylation sites (N-methyl/N-ethyl adjacent to an activating group) is 1. The number of nitrogens with zero attached hydrogens (tertiary/aromatic N) is 2. The van der Waals surface area contributed by atoms with Gasteiger partial charge in [-0.1, -0.05) is 15.9 Å². The van der Waals surface area contributed by atoms with E-state index in [1.54, 1.807) is 0 Å². The van der Waals surface area contributed by atoms with Crippen molar-refractivity contribution in [1.29, 1.82) is 0 Å². The highest BCUT2D eigenvalue weighted by Gasteiger charge is 2.34. The Morgan fingerprint density at radius 3 is 2.70 bits per heavy atom. The molecule has 0 amide bonds. The maximum Gasteiger partial charge on any atom is 0.119 e. The van der Waals surface area contributed by atoms with Crippen LogP contribution in [0.4, 0.5) is 0 Å². The number of hydrogen-bond donors (Lipinski definition) is 0. The number of rotatable bonds is 4. The third kappa shape index (κ3) is 3.35. The molecule has 3 rings (SSSR count). The van der Waals surface area contributed by atoms with Gasteiger partial charge in [-0.2, -0.15) is 0 Å². The summed E-state index contributed by atoms with van der Waals surface area (Å²) < 4.78 is 6.93. The topological polar surface area (TPSA) is 15.7 Å². The molecular formula is C16H23BrN2O. The number of ether oxygens (including phenoxy) is 1. The minimum Gasteiger partial charge on any atom is -0.492 e. The third-order valence-corrected chi connectivity index (χ3v) is 5.25. The molecule has 2 aliphatic heterocycles. The van der Waals surface area contributed by atoms with Crippen LogP contribution in [0, 0.1) is 0 Å². The number of fused-ring (bicyclic) bond motifs is 2. The van der Waals surface area contributed by atoms with Gasteiger partial charge in [0.2, 0.25) is 0 Å². The summed E-state index contributed by atoms with van der Waals surface area (Å²) in [7, 11) is 2.30. The first kappa shape index (κ1) is 14.4. The Kier molecular flexibility index (Phi) is 4.64. The van der Waals surface area contributed by atoms with Crippen LogP contribution in [0.2, 0.25) is 0 Å². The monoisotopic (exact) mass is 338 g/mol. The van der Waals surface area contributed by atoms with Gasteiger partial charge in [-0.15, -0.1) is 0 Å². The molecule has 110 valence electrons. The molecule has 2 saturated heterocycles. The van der Waals surface area contributed by atoms with Gasteiger partial charge in [0.05, 0.1) is 0 Å². The molecule has 0 N–H and O–H groups in total. The molecule has 0 spiro atoms. The van der Waals surface area contributed by atoms with Crippen LogP contribution in [-0.2, 0) is 0 Å². The Bertz CT molecular complexity index is 437. The van der Waals surface area contributed by atoms with Gasteiger partial charge in [0.15, 0.2) is 0 Å². The molecule has 2 unspecified atom stereocenters. The van der Waals surface area contributed by atoms with Gasteiger partial charge in [0.1, 0.15) is 12.4 Å². The van der Waals surface area contributed by atoms with Crippen molar-refractivity contribution in [3.05, 3.63) is 28.7 Å². The van der Waals surface area contributed by atoms with Gasteiger partial charge in [-0.25, -0.2) is 0 Å². The SMILES string of the molecule is CN1C2CCC1CN(CCOc1ccc(Br)cc1)CC2. The minimum atomic E-state index is 0.759. The fraction of sp³-hybridized carbons (Fsp3) is 0.625. The van der Waals surface area contributed by atoms with E-state index in [2.05, 4.69) is 32.8 Å². The highest BCUT2D eigenvalue weighted by Crippen LogP contribution is 2.28. The van der Waals surface area contributed by atoms with Crippen molar-refractivity contribution in [2.75, 3.05) is 33.3 Å². The fourth-order valence-electron chi connectivity index (χ4n) is 3.41. The van der Waals surface area contributed by atoms with Crippen LogP contribution in [0.25, 0.3) is 0 Å². The van der Waals surface area contributed by atoms with Crippen LogP contribution in [0.5, 0.6) is 5.75 Å². The van der Waals surface area contributed by atoms with Crippen LogP contribution in [-0.4, -0.2) is 55.2 Å². The quantitative estimate of drug-likeness (QED) is 0.839. The highest BCUT2D eigenvalue weighted by molar-refractivity contribution is 9.10. The maximum absolute atomic E-state index is 5.84. The molecule has 2 atom stereocenters. The molecule has 1 aromatic rings. The smallest absolute Gasteiger partial charge is 0.119 e. The molecule has 0 aliphatic carbocycles. The normalized spacial score (nSPS) is 27.5. The first-order valence-electron chi connectivity index (χ1n) is 7.55. The second kappa shape index (κ2) is 6.46. The van der Waals surface area contributed by atoms with Crippen molar-refractivity contribution in [2.24, 2.45) is 0 Å². The molecular weight excluding hydrogens is 316 g/mol. The van der Waals surface area contributed by atoms with Crippen LogP contribution in [0.15, 0.2) is 28.7 Å². The van der Waals surface area contributed by atoms with E-state index in [0.29, 0.717) is 0 Å². The molecule has 0 saturated carbocycles. The van der Waals surface area contributed by atoms with E-state index in [0.717, 1.165) is 35.5 Å². The van der Waals surface area contributed by atoms with E-state index in [1.165, 1.54) is 32.4 Å². The second-order valence-electron chi connectivity index (χ2n) is 5.94. The lowest BCUT2D eigenvalue weighted by atomic mass is 10.1. The Hall–Kier alpha value is -0.580. The minimum absolute atomic E-state index is 0.759. The van der Waals surface area contributed by atoms with E-state index in [4.69, 9.17) is 4.74 Å². The van der Waals surface area contributed by atoms with Gasteiger partial charge in [0.25, 0.3) is 0 Å². The summed E-state index contributed by atoms with van der Waals surface area (Å²) in [5, 5.41) is 0. The number of likely N-dealkylation sites (tertiary alicyclic amines) is 1. The molecule has 2 fully saturated rings. The van der Waals surface area contributed by atoms with E-state index in [1.807, 2.05) is 24.3 Å². The van der Waals surface area contributed by atoms with Crippen LogP contribution in [0.3, 0.4) is 0 Å². The fourth-order valence-corrected chi connectivity index (χ4v) is 3.67. The Morgan fingerprint density at radius 1 is 1.15 bits per heavy atom. The lowest BCUT2D eigenvalue weighted by Gasteiger charge is -2.25. The van der Waals surface area contributed by atoms with Gasteiger partial charge in [0, 0.05) is 29.6 Å². The van der Waals surface area contributed by atoms with E-state index in [-0.39, 0.29) is 0 Å². The van der Waals surface area contributed by atoms with Crippen LogP contribution >= 0.6 is 15.9 Å². The summed E-state index contributed by atoms with van der Waals surface area (Å²) in [6.45, 7) is 4.24. The molecule has 0 aromatic heterocycles. The zero-order chi connectivity index (χ0) is 13.9. The molecule has 20 heavy (non-hydrogen) atoms. The first-order chi connectivity index (χ1) is 9.72. The van der Waals surface area contributed by atoms with Crippen LogP contribution in [0.1, 0.15) is 19.3 Å². The maximum atomic E-state index is 5.84. The lowest BCUT2D eigenvalue weighted by Crippen LogP contribution is -2.38. The van der Waals surface area contributed by atoms with Gasteiger partial charge < -0.3 is 4.74 Å². The van der Waals surface area contributed by atoms with E-state index < -0.39 is 0 Å². The van der Waals surface area contributed by atoms with Crippen molar-refractivity contribution in [2.45, 2.75) is 31.3 Å². The average molecular weight is 339 g/mol. The van der Waals surface area contributed by atoms with Crippen molar-refractivity contribution in [3.63, 3.8) is 0 Å². The molecule has 3 nitrogen and oxygen atoms in total.